The molecule has 0 aliphatic carbocycles. The summed E-state index contributed by atoms with van der Waals surface area (Å²) in [6.45, 7) is 0. The molecule has 0 saturated heterocycles. The van der Waals surface area contributed by atoms with Crippen LogP contribution in [-0.2, 0) is 0 Å². The zero-order valence-electron chi connectivity index (χ0n) is 28.2. The molecule has 0 spiro atoms. The predicted octanol–water partition coefficient (Wildman–Crippen LogP) is 12.6. The molecule has 13 aromatic rings. The van der Waals surface area contributed by atoms with Crippen LogP contribution in [0.5, 0.6) is 0 Å². The molecule has 0 saturated carbocycles. The molecule has 5 nitrogen and oxygen atoms in total. The van der Waals surface area contributed by atoms with E-state index in [1.165, 1.54) is 37.8 Å². The molecule has 244 valence electrons. The van der Waals surface area contributed by atoms with E-state index in [-0.39, 0.29) is 0 Å². The predicted molar refractivity (Wildman–Crippen MR) is 219 cm³/mol. The molecule has 0 amide bonds. The zero-order valence-corrected chi connectivity index (χ0v) is 28.2. The Bertz CT molecular complexity index is 3680. The van der Waals surface area contributed by atoms with Crippen molar-refractivity contribution >= 4 is 104 Å². The summed E-state index contributed by atoms with van der Waals surface area (Å²) in [7, 11) is 0. The number of rotatable bonds is 2. The summed E-state index contributed by atoms with van der Waals surface area (Å²) in [5, 5.41) is 11.7. The largest absolute Gasteiger partial charge is 0.456 e. The average molecular weight is 675 g/mol. The van der Waals surface area contributed by atoms with Gasteiger partial charge in [0.25, 0.3) is 0 Å². The molecule has 13 rings (SSSR count). The van der Waals surface area contributed by atoms with Gasteiger partial charge in [-0.3, -0.25) is 4.57 Å². The summed E-state index contributed by atoms with van der Waals surface area (Å²) in [6.07, 6.45) is 0. The molecule has 53 heavy (non-hydrogen) atoms. The van der Waals surface area contributed by atoms with E-state index in [1.807, 2.05) is 6.07 Å². The van der Waals surface area contributed by atoms with Gasteiger partial charge in [-0.2, -0.15) is 0 Å². The highest BCUT2D eigenvalue weighted by Gasteiger charge is 2.25. The number of aromatic nitrogens is 4. The molecule has 8 aromatic carbocycles. The Hall–Kier alpha value is -7.24. The van der Waals surface area contributed by atoms with Crippen LogP contribution in [0, 0.1) is 0 Å². The van der Waals surface area contributed by atoms with Crippen molar-refractivity contribution < 1.29 is 4.42 Å². The minimum absolute atomic E-state index is 0.817. The summed E-state index contributed by atoms with van der Waals surface area (Å²) in [5.74, 6) is 0.817. The van der Waals surface area contributed by atoms with Gasteiger partial charge in [0.15, 0.2) is 5.82 Å². The van der Waals surface area contributed by atoms with Crippen molar-refractivity contribution in [2.75, 3.05) is 0 Å². The first-order chi connectivity index (χ1) is 26.3. The molecule has 0 unspecified atom stereocenters. The molecule has 5 heteroatoms. The summed E-state index contributed by atoms with van der Waals surface area (Å²) in [5.41, 5.74) is 11.2. The van der Waals surface area contributed by atoms with Crippen LogP contribution in [0.25, 0.3) is 121 Å². The lowest BCUT2D eigenvalue weighted by atomic mass is 10.0. The monoisotopic (exact) mass is 674 g/mol. The van der Waals surface area contributed by atoms with E-state index in [0.29, 0.717) is 0 Å². The van der Waals surface area contributed by atoms with Crippen LogP contribution in [0.15, 0.2) is 162 Å². The number of fused-ring (bicyclic) bond motifs is 11. The number of para-hydroxylation sites is 2. The summed E-state index contributed by atoms with van der Waals surface area (Å²) < 4.78 is 11.3. The molecule has 0 aliphatic heterocycles. The van der Waals surface area contributed by atoms with Gasteiger partial charge in [0.2, 0.25) is 0 Å². The van der Waals surface area contributed by atoms with Crippen LogP contribution >= 0.6 is 0 Å². The van der Waals surface area contributed by atoms with Crippen LogP contribution in [0.2, 0.25) is 0 Å². The minimum Gasteiger partial charge on any atom is -0.456 e. The van der Waals surface area contributed by atoms with Gasteiger partial charge in [-0.25, -0.2) is 9.97 Å². The van der Waals surface area contributed by atoms with Crippen molar-refractivity contribution in [3.8, 4) is 17.1 Å². The molecular formula is C48H26N4O. The maximum Gasteiger partial charge on any atom is 0.165 e. The third-order valence-electron chi connectivity index (χ3n) is 11.4. The highest BCUT2D eigenvalue weighted by molar-refractivity contribution is 6.32. The Labute approximate surface area is 300 Å². The fourth-order valence-corrected chi connectivity index (χ4v) is 9.21. The molecule has 0 atom stereocenters. The Morgan fingerprint density at radius 3 is 2.04 bits per heavy atom. The van der Waals surface area contributed by atoms with Crippen LogP contribution in [0.1, 0.15) is 0 Å². The quantitative estimate of drug-likeness (QED) is 0.172. The second kappa shape index (κ2) is 9.75. The van der Waals surface area contributed by atoms with Crippen molar-refractivity contribution in [2.24, 2.45) is 0 Å². The van der Waals surface area contributed by atoms with Gasteiger partial charge in [0, 0.05) is 48.7 Å². The molecule has 0 bridgehead atoms. The Morgan fingerprint density at radius 2 is 1.13 bits per heavy atom. The molecule has 0 aliphatic rings. The zero-order chi connectivity index (χ0) is 34.4. The Morgan fingerprint density at radius 1 is 0.434 bits per heavy atom. The van der Waals surface area contributed by atoms with Gasteiger partial charge < -0.3 is 8.82 Å². The van der Waals surface area contributed by atoms with Crippen molar-refractivity contribution in [2.45, 2.75) is 0 Å². The number of nitrogens with zero attached hydrogens (tertiary/aromatic N) is 4. The molecule has 0 N–H and O–H groups in total. The van der Waals surface area contributed by atoms with E-state index in [0.717, 1.165) is 82.9 Å². The van der Waals surface area contributed by atoms with E-state index in [2.05, 4.69) is 161 Å². The second-order valence-corrected chi connectivity index (χ2v) is 14.1. The minimum atomic E-state index is 0.817. The van der Waals surface area contributed by atoms with Crippen LogP contribution in [0.3, 0.4) is 0 Å². The lowest BCUT2D eigenvalue weighted by molar-refractivity contribution is 0.669. The summed E-state index contributed by atoms with van der Waals surface area (Å²) in [4.78, 5) is 11.0. The van der Waals surface area contributed by atoms with Crippen molar-refractivity contribution in [1.82, 2.24) is 18.9 Å². The highest BCUT2D eigenvalue weighted by Crippen LogP contribution is 2.46. The van der Waals surface area contributed by atoms with Crippen molar-refractivity contribution in [3.63, 3.8) is 0 Å². The highest BCUT2D eigenvalue weighted by atomic mass is 16.3. The number of hydrogen-bond donors (Lipinski definition) is 0. The van der Waals surface area contributed by atoms with Gasteiger partial charge in [-0.15, -0.1) is 0 Å². The normalized spacial score (nSPS) is 12.5. The summed E-state index contributed by atoms with van der Waals surface area (Å²) in [6, 6.07) is 56.2. The number of furan rings is 1. The van der Waals surface area contributed by atoms with Gasteiger partial charge in [0.05, 0.1) is 38.6 Å². The maximum atomic E-state index is 6.42. The first-order valence-electron chi connectivity index (χ1n) is 18.0. The molecule has 0 radical (unpaired) electrons. The lowest BCUT2D eigenvalue weighted by Crippen LogP contribution is -2.04. The molecule has 0 fully saturated rings. The fraction of sp³-hybridized carbons (Fsp3) is 0. The number of benzene rings is 8. The molecular weight excluding hydrogens is 649 g/mol. The van der Waals surface area contributed by atoms with E-state index in [1.54, 1.807) is 0 Å². The summed E-state index contributed by atoms with van der Waals surface area (Å²) >= 11 is 0. The van der Waals surface area contributed by atoms with E-state index in [4.69, 9.17) is 14.4 Å². The van der Waals surface area contributed by atoms with Crippen LogP contribution in [0.4, 0.5) is 0 Å². The topological polar surface area (TPSA) is 48.3 Å². The first-order valence-corrected chi connectivity index (χ1v) is 18.0. The SMILES string of the molecule is c1ccc(-c2nc3ccc4ccccc4c3nc2-n2c3cccc4c5cccc6c7cc8oc9ccccc9c8cc7n(c7cccc2c7c43)c56)cc1. The smallest absolute Gasteiger partial charge is 0.165 e. The van der Waals surface area contributed by atoms with Gasteiger partial charge in [0.1, 0.15) is 16.9 Å². The molecule has 5 heterocycles. The first kappa shape index (κ1) is 27.5. The molecule has 5 aromatic heterocycles. The third kappa shape index (κ3) is 3.46. The van der Waals surface area contributed by atoms with E-state index in [9.17, 15) is 0 Å². The van der Waals surface area contributed by atoms with Crippen LogP contribution in [-0.4, -0.2) is 18.9 Å². The number of hydrogen-bond acceptors (Lipinski definition) is 3. The Kier molecular flexibility index (Phi) is 5.06. The second-order valence-electron chi connectivity index (χ2n) is 14.1. The van der Waals surface area contributed by atoms with E-state index >= 15 is 0 Å². The average Bonchev–Trinajstić information content (AvgIpc) is 3.84. The lowest BCUT2D eigenvalue weighted by Gasteiger charge is -2.15. The fourth-order valence-electron chi connectivity index (χ4n) is 9.21. The maximum absolute atomic E-state index is 6.42. The third-order valence-corrected chi connectivity index (χ3v) is 11.4. The van der Waals surface area contributed by atoms with Gasteiger partial charge >= 0.3 is 0 Å². The standard InChI is InChI=1S/C48H26N4O/c1-2-12-28(13-3-1)45-48(50-46-29-14-5-4-11-27(29)23-24-36(46)49-45)52-37-19-9-16-31-32-17-8-18-33-34-26-42-35(30-15-6-7-22-41(30)53-42)25-40(34)51(47(32)33)38-20-10-21-39(52)44(38)43(31)37/h1-26H. The van der Waals surface area contributed by atoms with Crippen LogP contribution < -0.4 is 0 Å². The van der Waals surface area contributed by atoms with E-state index < -0.39 is 0 Å². The van der Waals surface area contributed by atoms with Crippen molar-refractivity contribution in [1.29, 1.82) is 0 Å². The van der Waals surface area contributed by atoms with Gasteiger partial charge in [-0.05, 0) is 53.2 Å². The van der Waals surface area contributed by atoms with Gasteiger partial charge in [-0.1, -0.05) is 115 Å². The van der Waals surface area contributed by atoms with Crippen molar-refractivity contribution in [3.05, 3.63) is 158 Å². The Balaban J connectivity index is 1.26.